The van der Waals surface area contributed by atoms with Gasteiger partial charge in [0.2, 0.25) is 10.0 Å². The summed E-state index contributed by atoms with van der Waals surface area (Å²) in [5, 5.41) is 9.61. The summed E-state index contributed by atoms with van der Waals surface area (Å²) in [7, 11) is -3.46. The number of aliphatic hydroxyl groups excluding tert-OH is 1. The first-order valence-electron chi connectivity index (χ1n) is 5.40. The SMILES string of the molecule is O=S(=O)(NCC1CC(O)C1)c1ccc(Cl)cc1. The van der Waals surface area contributed by atoms with Gasteiger partial charge in [0, 0.05) is 11.6 Å². The maximum Gasteiger partial charge on any atom is 0.240 e. The summed E-state index contributed by atoms with van der Waals surface area (Å²) in [4.78, 5) is 0.210. The lowest BCUT2D eigenvalue weighted by Gasteiger charge is -2.31. The first-order chi connectivity index (χ1) is 7.97. The van der Waals surface area contributed by atoms with E-state index < -0.39 is 10.0 Å². The van der Waals surface area contributed by atoms with Crippen molar-refractivity contribution < 1.29 is 13.5 Å². The van der Waals surface area contributed by atoms with Crippen LogP contribution in [0, 0.1) is 5.92 Å². The van der Waals surface area contributed by atoms with Crippen LogP contribution in [0.5, 0.6) is 0 Å². The number of hydrogen-bond donors (Lipinski definition) is 2. The Hall–Kier alpha value is -0.620. The van der Waals surface area contributed by atoms with Gasteiger partial charge in [-0.2, -0.15) is 0 Å². The van der Waals surface area contributed by atoms with Crippen LogP contribution in [0.2, 0.25) is 5.02 Å². The minimum atomic E-state index is -3.46. The largest absolute Gasteiger partial charge is 0.393 e. The third-order valence-corrected chi connectivity index (χ3v) is 4.59. The third-order valence-electron chi connectivity index (χ3n) is 2.90. The molecule has 1 fully saturated rings. The van der Waals surface area contributed by atoms with Crippen LogP contribution in [-0.4, -0.2) is 26.2 Å². The highest BCUT2D eigenvalue weighted by molar-refractivity contribution is 7.89. The van der Waals surface area contributed by atoms with Crippen molar-refractivity contribution in [2.75, 3.05) is 6.54 Å². The van der Waals surface area contributed by atoms with Crippen LogP contribution in [0.1, 0.15) is 12.8 Å². The molecular weight excluding hydrogens is 262 g/mol. The van der Waals surface area contributed by atoms with E-state index in [-0.39, 0.29) is 16.9 Å². The monoisotopic (exact) mass is 275 g/mol. The maximum absolute atomic E-state index is 11.9. The van der Waals surface area contributed by atoms with Gasteiger partial charge in [0.1, 0.15) is 0 Å². The van der Waals surface area contributed by atoms with Crippen molar-refractivity contribution in [2.45, 2.75) is 23.8 Å². The highest BCUT2D eigenvalue weighted by Crippen LogP contribution is 2.26. The fourth-order valence-electron chi connectivity index (χ4n) is 1.79. The Kier molecular flexibility index (Phi) is 3.73. The molecule has 4 nitrogen and oxygen atoms in total. The zero-order valence-corrected chi connectivity index (χ0v) is 10.7. The molecule has 17 heavy (non-hydrogen) atoms. The molecule has 1 aromatic rings. The average Bonchev–Trinajstić information content (AvgIpc) is 2.23. The summed E-state index contributed by atoms with van der Waals surface area (Å²) in [5.41, 5.74) is 0. The van der Waals surface area contributed by atoms with Crippen LogP contribution < -0.4 is 4.72 Å². The summed E-state index contributed by atoms with van der Waals surface area (Å²) >= 11 is 5.69. The lowest BCUT2D eigenvalue weighted by atomic mass is 9.83. The van der Waals surface area contributed by atoms with E-state index in [0.29, 0.717) is 24.4 Å². The van der Waals surface area contributed by atoms with Crippen molar-refractivity contribution in [3.8, 4) is 0 Å². The molecular formula is C11H14ClNO3S. The molecule has 1 aliphatic carbocycles. The molecule has 0 bridgehead atoms. The Bertz CT molecular complexity index is 480. The number of halogens is 1. The molecule has 2 N–H and O–H groups in total. The molecule has 0 amide bonds. The summed E-state index contributed by atoms with van der Waals surface area (Å²) in [6.45, 7) is 0.377. The highest BCUT2D eigenvalue weighted by Gasteiger charge is 2.28. The zero-order chi connectivity index (χ0) is 12.5. The molecule has 0 saturated heterocycles. The van der Waals surface area contributed by atoms with Gasteiger partial charge in [0.25, 0.3) is 0 Å². The van der Waals surface area contributed by atoms with Crippen LogP contribution in [0.25, 0.3) is 0 Å². The number of hydrogen-bond acceptors (Lipinski definition) is 3. The van der Waals surface area contributed by atoms with Crippen molar-refractivity contribution in [3.63, 3.8) is 0 Å². The van der Waals surface area contributed by atoms with Crippen molar-refractivity contribution >= 4 is 21.6 Å². The molecule has 0 radical (unpaired) electrons. The maximum atomic E-state index is 11.9. The summed E-state index contributed by atoms with van der Waals surface area (Å²) < 4.78 is 26.2. The molecule has 0 spiro atoms. The number of sulfonamides is 1. The van der Waals surface area contributed by atoms with E-state index in [1.165, 1.54) is 12.1 Å². The van der Waals surface area contributed by atoms with Gasteiger partial charge < -0.3 is 5.11 Å². The summed E-state index contributed by atoms with van der Waals surface area (Å²) in [6, 6.07) is 6.03. The Balaban J connectivity index is 1.96. The van der Waals surface area contributed by atoms with E-state index in [4.69, 9.17) is 16.7 Å². The Labute approximate surface area is 106 Å². The molecule has 0 aromatic heterocycles. The van der Waals surface area contributed by atoms with Gasteiger partial charge in [-0.3, -0.25) is 0 Å². The van der Waals surface area contributed by atoms with Gasteiger partial charge >= 0.3 is 0 Å². The van der Waals surface area contributed by atoms with Gasteiger partial charge in [0.15, 0.2) is 0 Å². The second-order valence-electron chi connectivity index (χ2n) is 4.30. The molecule has 2 rings (SSSR count). The Morgan fingerprint density at radius 3 is 2.41 bits per heavy atom. The topological polar surface area (TPSA) is 66.4 Å². The smallest absolute Gasteiger partial charge is 0.240 e. The molecule has 0 heterocycles. The number of rotatable bonds is 4. The molecule has 0 aliphatic heterocycles. The molecule has 1 saturated carbocycles. The number of nitrogens with one attached hydrogen (secondary N) is 1. The fraction of sp³-hybridized carbons (Fsp3) is 0.455. The highest BCUT2D eigenvalue weighted by atomic mass is 35.5. The third kappa shape index (κ3) is 3.19. The van der Waals surface area contributed by atoms with Crippen LogP contribution in [0.3, 0.4) is 0 Å². The van der Waals surface area contributed by atoms with Gasteiger partial charge in [-0.25, -0.2) is 13.1 Å². The Morgan fingerprint density at radius 2 is 1.88 bits per heavy atom. The molecule has 1 aliphatic rings. The van der Waals surface area contributed by atoms with Gasteiger partial charge in [-0.1, -0.05) is 11.6 Å². The van der Waals surface area contributed by atoms with Crippen molar-refractivity contribution in [3.05, 3.63) is 29.3 Å². The molecule has 94 valence electrons. The molecule has 6 heteroatoms. The quantitative estimate of drug-likeness (QED) is 0.873. The molecule has 0 unspecified atom stereocenters. The minimum absolute atomic E-state index is 0.210. The van der Waals surface area contributed by atoms with Crippen LogP contribution in [0.4, 0.5) is 0 Å². The van der Waals surface area contributed by atoms with E-state index in [9.17, 15) is 8.42 Å². The van der Waals surface area contributed by atoms with Gasteiger partial charge in [-0.05, 0) is 43.0 Å². The lowest BCUT2D eigenvalue weighted by Crippen LogP contribution is -2.38. The van der Waals surface area contributed by atoms with Crippen molar-refractivity contribution in [2.24, 2.45) is 5.92 Å². The van der Waals surface area contributed by atoms with Crippen molar-refractivity contribution in [1.29, 1.82) is 0 Å². The Morgan fingerprint density at radius 1 is 1.29 bits per heavy atom. The summed E-state index contributed by atoms with van der Waals surface area (Å²) in [5.74, 6) is 0.243. The fourth-order valence-corrected chi connectivity index (χ4v) is 3.03. The average molecular weight is 276 g/mol. The second kappa shape index (κ2) is 4.94. The predicted molar refractivity (Wildman–Crippen MR) is 65.4 cm³/mol. The van der Waals surface area contributed by atoms with E-state index in [0.717, 1.165) is 0 Å². The number of benzene rings is 1. The normalized spacial score (nSPS) is 24.4. The van der Waals surface area contributed by atoms with Crippen LogP contribution in [-0.2, 0) is 10.0 Å². The lowest BCUT2D eigenvalue weighted by molar-refractivity contribution is 0.0453. The van der Waals surface area contributed by atoms with E-state index in [1.807, 2.05) is 0 Å². The van der Waals surface area contributed by atoms with E-state index >= 15 is 0 Å². The summed E-state index contributed by atoms with van der Waals surface area (Å²) in [6.07, 6.45) is 1.08. The number of aliphatic hydroxyl groups is 1. The van der Waals surface area contributed by atoms with Crippen LogP contribution in [0.15, 0.2) is 29.2 Å². The van der Waals surface area contributed by atoms with Gasteiger partial charge in [0.05, 0.1) is 11.0 Å². The van der Waals surface area contributed by atoms with Gasteiger partial charge in [-0.15, -0.1) is 0 Å². The zero-order valence-electron chi connectivity index (χ0n) is 9.14. The molecule has 1 aromatic carbocycles. The van der Waals surface area contributed by atoms with Crippen molar-refractivity contribution in [1.82, 2.24) is 4.72 Å². The first-order valence-corrected chi connectivity index (χ1v) is 7.27. The molecule has 0 atom stereocenters. The van der Waals surface area contributed by atoms with E-state index in [2.05, 4.69) is 4.72 Å². The second-order valence-corrected chi connectivity index (χ2v) is 6.50. The standard InChI is InChI=1S/C11H14ClNO3S/c12-9-1-3-11(4-2-9)17(15,16)13-7-8-5-10(14)6-8/h1-4,8,10,13-14H,5-7H2. The van der Waals surface area contributed by atoms with Crippen LogP contribution >= 0.6 is 11.6 Å². The minimum Gasteiger partial charge on any atom is -0.393 e. The van der Waals surface area contributed by atoms with E-state index in [1.54, 1.807) is 12.1 Å². The predicted octanol–water partition coefficient (Wildman–Crippen LogP) is 1.39. The first kappa shape index (κ1) is 12.8.